The highest BCUT2D eigenvalue weighted by Gasteiger charge is 2.21. The van der Waals surface area contributed by atoms with Gasteiger partial charge in [0, 0.05) is 17.7 Å². The van der Waals surface area contributed by atoms with E-state index in [1.807, 2.05) is 0 Å². The van der Waals surface area contributed by atoms with E-state index in [1.165, 1.54) is 37.4 Å². The molecule has 10 nitrogen and oxygen atoms in total. The second kappa shape index (κ2) is 9.53. The minimum absolute atomic E-state index is 0.0536. The molecule has 0 aliphatic carbocycles. The zero-order chi connectivity index (χ0) is 22.4. The molecule has 1 atom stereocenters. The molecule has 31 heavy (non-hydrogen) atoms. The fraction of sp³-hybridized carbons (Fsp3) is 0.190. The van der Waals surface area contributed by atoms with Gasteiger partial charge in [0.1, 0.15) is 6.61 Å². The van der Waals surface area contributed by atoms with Crippen molar-refractivity contribution in [2.24, 2.45) is 0 Å². The minimum Gasteiger partial charge on any atom is -0.493 e. The fourth-order valence-electron chi connectivity index (χ4n) is 2.58. The molecule has 0 saturated carbocycles. The monoisotopic (exact) mass is 425 g/mol. The molecule has 0 saturated heterocycles. The molecule has 0 amide bonds. The van der Waals surface area contributed by atoms with E-state index in [1.54, 1.807) is 25.1 Å². The average Bonchev–Trinajstić information content (AvgIpc) is 3.28. The van der Waals surface area contributed by atoms with Crippen molar-refractivity contribution in [3.8, 4) is 23.0 Å². The van der Waals surface area contributed by atoms with E-state index in [2.05, 4.69) is 16.8 Å². The lowest BCUT2D eigenvalue weighted by molar-refractivity contribution is -0.384. The number of benzene rings is 2. The number of nitro groups is 1. The number of hydrogen-bond donors (Lipinski definition) is 0. The second-order valence-electron chi connectivity index (χ2n) is 6.26. The Kier molecular flexibility index (Phi) is 6.61. The Bertz CT molecular complexity index is 1090. The molecule has 3 rings (SSSR count). The van der Waals surface area contributed by atoms with Crippen LogP contribution in [0.25, 0.3) is 11.5 Å². The summed E-state index contributed by atoms with van der Waals surface area (Å²) in [5.41, 5.74) is 0.703. The summed E-state index contributed by atoms with van der Waals surface area (Å²) >= 11 is 0. The Morgan fingerprint density at radius 3 is 2.61 bits per heavy atom. The molecule has 2 aromatic carbocycles. The third-order valence-corrected chi connectivity index (χ3v) is 4.15. The molecule has 10 heteroatoms. The summed E-state index contributed by atoms with van der Waals surface area (Å²) in [6.07, 6.45) is 0.771. The van der Waals surface area contributed by atoms with Crippen LogP contribution in [0.2, 0.25) is 0 Å². The summed E-state index contributed by atoms with van der Waals surface area (Å²) in [5, 5.41) is 18.6. The van der Waals surface area contributed by atoms with Gasteiger partial charge >= 0.3 is 5.97 Å². The topological polar surface area (TPSA) is 127 Å². The van der Waals surface area contributed by atoms with Gasteiger partial charge in [0.2, 0.25) is 5.89 Å². The van der Waals surface area contributed by atoms with E-state index >= 15 is 0 Å². The van der Waals surface area contributed by atoms with Crippen LogP contribution in [0.4, 0.5) is 5.69 Å². The maximum Gasteiger partial charge on any atom is 0.339 e. The SMILES string of the molecule is C=CCOc1ccc(C(=O)OC(C)c2nnc(-c3ccc([N+](=O)[O-])cc3)o2)cc1OC. The van der Waals surface area contributed by atoms with Gasteiger partial charge in [0.15, 0.2) is 17.6 Å². The Balaban J connectivity index is 1.70. The van der Waals surface area contributed by atoms with Crippen molar-refractivity contribution >= 4 is 11.7 Å². The van der Waals surface area contributed by atoms with Crippen molar-refractivity contribution < 1.29 is 28.3 Å². The summed E-state index contributed by atoms with van der Waals surface area (Å²) in [7, 11) is 1.46. The molecule has 0 radical (unpaired) electrons. The Morgan fingerprint density at radius 2 is 1.97 bits per heavy atom. The quantitative estimate of drug-likeness (QED) is 0.215. The van der Waals surface area contributed by atoms with Crippen molar-refractivity contribution in [1.29, 1.82) is 0 Å². The standard InChI is InChI=1S/C21H19N3O7/c1-4-11-29-17-10-7-15(12-18(17)28-3)21(25)30-13(2)19-22-23-20(31-19)14-5-8-16(9-6-14)24(26)27/h4-10,12-13H,1,11H2,2-3H3. The first-order valence-electron chi connectivity index (χ1n) is 9.14. The lowest BCUT2D eigenvalue weighted by Gasteiger charge is -2.12. The summed E-state index contributed by atoms with van der Waals surface area (Å²) < 4.78 is 21.7. The molecule has 160 valence electrons. The van der Waals surface area contributed by atoms with Crippen LogP contribution >= 0.6 is 0 Å². The normalized spacial score (nSPS) is 11.4. The molecule has 1 unspecified atom stereocenters. The van der Waals surface area contributed by atoms with Crippen molar-refractivity contribution in [3.63, 3.8) is 0 Å². The first-order chi connectivity index (χ1) is 14.9. The van der Waals surface area contributed by atoms with Crippen LogP contribution in [0, 0.1) is 10.1 Å². The minimum atomic E-state index is -0.825. The molecule has 0 fully saturated rings. The average molecular weight is 425 g/mol. The molecular formula is C21H19N3O7. The highest BCUT2D eigenvalue weighted by atomic mass is 16.6. The van der Waals surface area contributed by atoms with Crippen LogP contribution in [0.5, 0.6) is 11.5 Å². The maximum absolute atomic E-state index is 12.5. The smallest absolute Gasteiger partial charge is 0.339 e. The third-order valence-electron chi connectivity index (χ3n) is 4.15. The molecule has 0 bridgehead atoms. The lowest BCUT2D eigenvalue weighted by Crippen LogP contribution is -2.10. The van der Waals surface area contributed by atoms with Gasteiger partial charge in [-0.15, -0.1) is 10.2 Å². The Hall–Kier alpha value is -4.21. The first kappa shape index (κ1) is 21.5. The summed E-state index contributed by atoms with van der Waals surface area (Å²) in [4.78, 5) is 22.8. The number of rotatable bonds is 9. The Labute approximate surface area is 177 Å². The van der Waals surface area contributed by atoms with Gasteiger partial charge < -0.3 is 18.6 Å². The van der Waals surface area contributed by atoms with Crippen molar-refractivity contribution in [3.05, 3.63) is 76.7 Å². The van der Waals surface area contributed by atoms with Gasteiger partial charge in [-0.25, -0.2) is 4.79 Å². The maximum atomic E-state index is 12.5. The number of non-ortho nitro benzene ring substituents is 1. The van der Waals surface area contributed by atoms with E-state index in [4.69, 9.17) is 18.6 Å². The third kappa shape index (κ3) is 5.04. The zero-order valence-electron chi connectivity index (χ0n) is 16.8. The zero-order valence-corrected chi connectivity index (χ0v) is 16.8. The van der Waals surface area contributed by atoms with Crippen LogP contribution < -0.4 is 9.47 Å². The lowest BCUT2D eigenvalue weighted by atomic mass is 10.2. The van der Waals surface area contributed by atoms with Crippen LogP contribution in [0.1, 0.15) is 29.3 Å². The molecule has 1 aromatic heterocycles. The van der Waals surface area contributed by atoms with E-state index in [9.17, 15) is 14.9 Å². The predicted molar refractivity (Wildman–Crippen MR) is 109 cm³/mol. The number of hydrogen-bond acceptors (Lipinski definition) is 9. The summed E-state index contributed by atoms with van der Waals surface area (Å²) in [6, 6.07) is 10.3. The number of aromatic nitrogens is 2. The van der Waals surface area contributed by atoms with Gasteiger partial charge in [-0.3, -0.25) is 10.1 Å². The fourth-order valence-corrected chi connectivity index (χ4v) is 2.58. The van der Waals surface area contributed by atoms with Crippen LogP contribution in [-0.4, -0.2) is 34.8 Å². The van der Waals surface area contributed by atoms with Crippen LogP contribution in [0.15, 0.2) is 59.5 Å². The van der Waals surface area contributed by atoms with E-state index in [-0.39, 0.29) is 23.0 Å². The van der Waals surface area contributed by atoms with Crippen molar-refractivity contribution in [2.45, 2.75) is 13.0 Å². The van der Waals surface area contributed by atoms with Gasteiger partial charge in [0.25, 0.3) is 11.6 Å². The molecule has 0 aliphatic heterocycles. The molecule has 3 aromatic rings. The number of esters is 1. The molecular weight excluding hydrogens is 406 g/mol. The summed E-state index contributed by atoms with van der Waals surface area (Å²) in [6.45, 7) is 5.47. The number of ether oxygens (including phenoxy) is 3. The van der Waals surface area contributed by atoms with E-state index < -0.39 is 17.0 Å². The number of methoxy groups -OCH3 is 1. The first-order valence-corrected chi connectivity index (χ1v) is 9.14. The predicted octanol–water partition coefficient (Wildman–Crippen LogP) is 4.14. The van der Waals surface area contributed by atoms with Gasteiger partial charge in [-0.2, -0.15) is 0 Å². The van der Waals surface area contributed by atoms with E-state index in [0.29, 0.717) is 23.7 Å². The van der Waals surface area contributed by atoms with E-state index in [0.717, 1.165) is 0 Å². The van der Waals surface area contributed by atoms with Crippen molar-refractivity contribution in [1.82, 2.24) is 10.2 Å². The highest BCUT2D eigenvalue weighted by molar-refractivity contribution is 5.90. The Morgan fingerprint density at radius 1 is 1.23 bits per heavy atom. The molecule has 0 N–H and O–H groups in total. The largest absolute Gasteiger partial charge is 0.493 e. The molecule has 1 heterocycles. The van der Waals surface area contributed by atoms with Gasteiger partial charge in [0.05, 0.1) is 17.6 Å². The number of carbonyl (C=O) groups excluding carboxylic acids is 1. The second-order valence-corrected chi connectivity index (χ2v) is 6.26. The van der Waals surface area contributed by atoms with Gasteiger partial charge in [-0.05, 0) is 37.3 Å². The number of nitrogens with zero attached hydrogens (tertiary/aromatic N) is 3. The van der Waals surface area contributed by atoms with Crippen LogP contribution in [-0.2, 0) is 4.74 Å². The van der Waals surface area contributed by atoms with Crippen LogP contribution in [0.3, 0.4) is 0 Å². The molecule has 0 aliphatic rings. The number of carbonyl (C=O) groups is 1. The number of nitro benzene ring substituents is 1. The summed E-state index contributed by atoms with van der Waals surface area (Å²) in [5.74, 6) is 0.466. The van der Waals surface area contributed by atoms with Crippen molar-refractivity contribution in [2.75, 3.05) is 13.7 Å². The van der Waals surface area contributed by atoms with Gasteiger partial charge in [-0.1, -0.05) is 12.7 Å². The highest BCUT2D eigenvalue weighted by Crippen LogP contribution is 2.29. The molecule has 0 spiro atoms.